The predicted octanol–water partition coefficient (Wildman–Crippen LogP) is 4.27. The molecule has 0 amide bonds. The Kier molecular flexibility index (Phi) is 5.68. The van der Waals surface area contributed by atoms with Crippen LogP contribution in [0, 0.1) is 11.3 Å². The molecule has 4 nitrogen and oxygen atoms in total. The van der Waals surface area contributed by atoms with Gasteiger partial charge in [0.05, 0.1) is 11.3 Å². The Morgan fingerprint density at radius 1 is 1.12 bits per heavy atom. The van der Waals surface area contributed by atoms with Gasteiger partial charge >= 0.3 is 11.9 Å². The molecule has 4 heteroatoms. The van der Waals surface area contributed by atoms with E-state index in [4.69, 9.17) is 9.47 Å². The van der Waals surface area contributed by atoms with Gasteiger partial charge in [0.15, 0.2) is 0 Å². The minimum Gasteiger partial charge on any atom is -0.460 e. The molecule has 0 bridgehead atoms. The van der Waals surface area contributed by atoms with Crippen LogP contribution in [0.25, 0.3) is 0 Å². The summed E-state index contributed by atoms with van der Waals surface area (Å²) >= 11 is 0. The minimum atomic E-state index is -0.507. The number of hydrogen-bond donors (Lipinski definition) is 0. The molecule has 0 atom stereocenters. The first-order chi connectivity index (χ1) is 11.2. The summed E-state index contributed by atoms with van der Waals surface area (Å²) in [7, 11) is 0. The Bertz CT molecular complexity index is 563. The summed E-state index contributed by atoms with van der Waals surface area (Å²) in [5.74, 6) is -0.435. The zero-order valence-electron chi connectivity index (χ0n) is 15.1. The molecule has 0 aromatic heterocycles. The van der Waals surface area contributed by atoms with Crippen molar-refractivity contribution < 1.29 is 19.1 Å². The maximum absolute atomic E-state index is 12.5. The standard InChI is InChI=1S/C20H28O4/c1-19(2,3)24-17(21)16-10-12-20(4,13-11-16)18(22)23-14-15-8-6-5-7-9-15/h5-9,16H,10-14H2,1-4H3/t16-,20-. The first kappa shape index (κ1) is 18.5. The van der Waals surface area contributed by atoms with Gasteiger partial charge in [-0.25, -0.2) is 0 Å². The van der Waals surface area contributed by atoms with Gasteiger partial charge in [-0.1, -0.05) is 30.3 Å². The third kappa shape index (κ3) is 5.08. The number of carbonyl (C=O) groups is 2. The molecule has 1 aromatic rings. The summed E-state index contributed by atoms with van der Waals surface area (Å²) in [6, 6.07) is 9.67. The molecule has 1 fully saturated rings. The lowest BCUT2D eigenvalue weighted by atomic mass is 9.71. The van der Waals surface area contributed by atoms with Crippen molar-refractivity contribution >= 4 is 11.9 Å². The molecule has 1 aliphatic rings. The van der Waals surface area contributed by atoms with Crippen molar-refractivity contribution in [1.29, 1.82) is 0 Å². The van der Waals surface area contributed by atoms with Gasteiger partial charge in [-0.05, 0) is 58.9 Å². The van der Waals surface area contributed by atoms with E-state index in [0.717, 1.165) is 5.56 Å². The van der Waals surface area contributed by atoms with Gasteiger partial charge in [-0.3, -0.25) is 9.59 Å². The molecule has 132 valence electrons. The van der Waals surface area contributed by atoms with Gasteiger partial charge in [0, 0.05) is 0 Å². The third-order valence-corrected chi connectivity index (χ3v) is 4.53. The summed E-state index contributed by atoms with van der Waals surface area (Å²) in [6.45, 7) is 7.85. The molecular formula is C20H28O4. The van der Waals surface area contributed by atoms with Crippen molar-refractivity contribution in [2.75, 3.05) is 0 Å². The molecule has 1 aliphatic carbocycles. The van der Waals surface area contributed by atoms with E-state index in [1.165, 1.54) is 0 Å². The lowest BCUT2D eigenvalue weighted by Crippen LogP contribution is -2.37. The second kappa shape index (κ2) is 7.37. The molecule has 1 aromatic carbocycles. The van der Waals surface area contributed by atoms with Gasteiger partial charge in [0.1, 0.15) is 12.2 Å². The van der Waals surface area contributed by atoms with Crippen molar-refractivity contribution in [3.05, 3.63) is 35.9 Å². The fourth-order valence-electron chi connectivity index (χ4n) is 2.98. The molecule has 0 N–H and O–H groups in total. The van der Waals surface area contributed by atoms with Crippen LogP contribution in [-0.4, -0.2) is 17.5 Å². The summed E-state index contributed by atoms with van der Waals surface area (Å²) in [6.07, 6.45) is 2.66. The monoisotopic (exact) mass is 332 g/mol. The fourth-order valence-corrected chi connectivity index (χ4v) is 2.98. The molecule has 0 heterocycles. The van der Waals surface area contributed by atoms with E-state index in [1.54, 1.807) is 0 Å². The van der Waals surface area contributed by atoms with Crippen molar-refractivity contribution in [2.24, 2.45) is 11.3 Å². The number of hydrogen-bond acceptors (Lipinski definition) is 4. The van der Waals surface area contributed by atoms with Crippen LogP contribution in [0.3, 0.4) is 0 Å². The maximum atomic E-state index is 12.5. The van der Waals surface area contributed by atoms with Crippen LogP contribution in [0.2, 0.25) is 0 Å². The molecule has 0 aliphatic heterocycles. The minimum absolute atomic E-state index is 0.112. The van der Waals surface area contributed by atoms with E-state index in [0.29, 0.717) is 32.3 Å². The highest BCUT2D eigenvalue weighted by atomic mass is 16.6. The number of rotatable bonds is 4. The van der Waals surface area contributed by atoms with E-state index in [-0.39, 0.29) is 17.9 Å². The summed E-state index contributed by atoms with van der Waals surface area (Å²) in [4.78, 5) is 24.6. The van der Waals surface area contributed by atoms with Gasteiger partial charge in [-0.15, -0.1) is 0 Å². The number of benzene rings is 1. The average molecular weight is 332 g/mol. The van der Waals surface area contributed by atoms with E-state index in [1.807, 2.05) is 58.0 Å². The smallest absolute Gasteiger partial charge is 0.312 e. The molecule has 0 spiro atoms. The maximum Gasteiger partial charge on any atom is 0.312 e. The predicted molar refractivity (Wildman–Crippen MR) is 92.1 cm³/mol. The highest BCUT2D eigenvalue weighted by Gasteiger charge is 2.41. The van der Waals surface area contributed by atoms with Crippen LogP contribution in [0.5, 0.6) is 0 Å². The Hall–Kier alpha value is -1.84. The van der Waals surface area contributed by atoms with Crippen molar-refractivity contribution in [1.82, 2.24) is 0 Å². The Balaban J connectivity index is 1.85. The fraction of sp³-hybridized carbons (Fsp3) is 0.600. The lowest BCUT2D eigenvalue weighted by Gasteiger charge is -2.35. The zero-order valence-corrected chi connectivity index (χ0v) is 15.1. The molecule has 0 saturated heterocycles. The number of ether oxygens (including phenoxy) is 2. The van der Waals surface area contributed by atoms with E-state index in [9.17, 15) is 9.59 Å². The molecule has 24 heavy (non-hydrogen) atoms. The van der Waals surface area contributed by atoms with Crippen LogP contribution in [0.1, 0.15) is 58.9 Å². The van der Waals surface area contributed by atoms with Crippen LogP contribution in [0.15, 0.2) is 30.3 Å². The Morgan fingerprint density at radius 2 is 1.71 bits per heavy atom. The number of esters is 2. The van der Waals surface area contributed by atoms with Gasteiger partial charge in [-0.2, -0.15) is 0 Å². The van der Waals surface area contributed by atoms with Crippen molar-refractivity contribution in [2.45, 2.75) is 65.6 Å². The topological polar surface area (TPSA) is 52.6 Å². The Morgan fingerprint density at radius 3 is 2.25 bits per heavy atom. The highest BCUT2D eigenvalue weighted by Crippen LogP contribution is 2.40. The second-order valence-electron chi connectivity index (χ2n) is 7.93. The quantitative estimate of drug-likeness (QED) is 0.773. The van der Waals surface area contributed by atoms with Gasteiger partial charge in [0.2, 0.25) is 0 Å². The molecular weight excluding hydrogens is 304 g/mol. The molecule has 0 unspecified atom stereocenters. The van der Waals surface area contributed by atoms with E-state index in [2.05, 4.69) is 0 Å². The van der Waals surface area contributed by atoms with Crippen LogP contribution < -0.4 is 0 Å². The van der Waals surface area contributed by atoms with E-state index >= 15 is 0 Å². The SMILES string of the molecule is CC(C)(C)OC(=O)[C@H]1CC[C@](C)(C(=O)OCc2ccccc2)CC1. The van der Waals surface area contributed by atoms with Crippen LogP contribution in [-0.2, 0) is 25.7 Å². The molecule has 2 rings (SSSR count). The van der Waals surface area contributed by atoms with Crippen molar-refractivity contribution in [3.8, 4) is 0 Å². The highest BCUT2D eigenvalue weighted by molar-refractivity contribution is 5.78. The lowest BCUT2D eigenvalue weighted by molar-refractivity contribution is -0.167. The van der Waals surface area contributed by atoms with Gasteiger partial charge < -0.3 is 9.47 Å². The van der Waals surface area contributed by atoms with Gasteiger partial charge in [0.25, 0.3) is 0 Å². The average Bonchev–Trinajstić information content (AvgIpc) is 2.52. The van der Waals surface area contributed by atoms with Crippen LogP contribution in [0.4, 0.5) is 0 Å². The van der Waals surface area contributed by atoms with Crippen molar-refractivity contribution in [3.63, 3.8) is 0 Å². The largest absolute Gasteiger partial charge is 0.460 e. The summed E-state index contributed by atoms with van der Waals surface area (Å²) in [5, 5.41) is 0. The molecule has 0 radical (unpaired) electrons. The summed E-state index contributed by atoms with van der Waals surface area (Å²) in [5.41, 5.74) is 0.0108. The molecule has 1 saturated carbocycles. The van der Waals surface area contributed by atoms with Crippen LogP contribution >= 0.6 is 0 Å². The Labute approximate surface area is 144 Å². The van der Waals surface area contributed by atoms with E-state index < -0.39 is 11.0 Å². The first-order valence-electron chi connectivity index (χ1n) is 8.64. The zero-order chi connectivity index (χ0) is 17.8. The summed E-state index contributed by atoms with van der Waals surface area (Å²) < 4.78 is 10.9. The normalized spacial score (nSPS) is 24.2. The number of carbonyl (C=O) groups excluding carboxylic acids is 2. The first-order valence-corrected chi connectivity index (χ1v) is 8.64. The second-order valence-corrected chi connectivity index (χ2v) is 7.93. The third-order valence-electron chi connectivity index (χ3n) is 4.53.